The third-order valence-corrected chi connectivity index (χ3v) is 23.6. The van der Waals surface area contributed by atoms with Crippen molar-refractivity contribution in [3.8, 4) is 11.5 Å². The predicted molar refractivity (Wildman–Crippen MR) is 201 cm³/mol. The molecule has 0 amide bonds. The zero-order valence-electron chi connectivity index (χ0n) is 32.2. The molecule has 7 heteroatoms. The molecule has 47 heavy (non-hydrogen) atoms. The lowest BCUT2D eigenvalue weighted by molar-refractivity contribution is -0.0897. The minimum absolute atomic E-state index is 0.202. The molecule has 1 aromatic carbocycles. The molecule has 0 saturated heterocycles. The van der Waals surface area contributed by atoms with Gasteiger partial charge in [0.15, 0.2) is 28.1 Å². The van der Waals surface area contributed by atoms with E-state index in [1.165, 1.54) is 49.7 Å². The molecule has 4 aliphatic rings. The topological polar surface area (TPSA) is 49.0 Å². The molecule has 1 unspecified atom stereocenters. The minimum Gasteiger partial charge on any atom is -0.454 e. The number of allylic oxidation sites excluding steroid dienone is 1. The van der Waals surface area contributed by atoms with Crippen molar-refractivity contribution >= 4 is 16.6 Å². The quantitative estimate of drug-likeness (QED) is 0.196. The number of hydrogen-bond donors (Lipinski definition) is 1. The predicted octanol–water partition coefficient (Wildman–Crippen LogP) is 10.7. The van der Waals surface area contributed by atoms with Crippen LogP contribution in [0, 0.1) is 34.5 Å². The molecule has 7 atom stereocenters. The van der Waals surface area contributed by atoms with Gasteiger partial charge in [-0.15, -0.1) is 0 Å². The zero-order valence-corrected chi connectivity index (χ0v) is 34.2. The van der Waals surface area contributed by atoms with E-state index in [0.29, 0.717) is 36.6 Å². The van der Waals surface area contributed by atoms with Gasteiger partial charge in [0.1, 0.15) is 0 Å². The van der Waals surface area contributed by atoms with Gasteiger partial charge in [0, 0.05) is 19.3 Å². The standard InChI is InChI=1S/C40H69NO4Si2/c1-28-14-16-33-32(25-41-24-29-15-17-35-36(22-29)43-27-42-35)34(19-21-39(28,33)8)40(9)20-18-31(45-47(12,13)38(5,6)7)23-30(40)26-44-46(10,11)37(2,3)4/h15,17,22,30-34,41H,1,14,16,18-21,23-27H2,2-13H3/t30-,31?,32+,33+,34+,39-,40+/m1/s1. The molecule has 0 radical (unpaired) electrons. The molecule has 266 valence electrons. The molecule has 1 heterocycles. The second kappa shape index (κ2) is 13.2. The second-order valence-corrected chi connectivity index (χ2v) is 28.9. The lowest BCUT2D eigenvalue weighted by Crippen LogP contribution is -2.55. The minimum atomic E-state index is -1.90. The fraction of sp³-hybridized carbons (Fsp3) is 0.800. The summed E-state index contributed by atoms with van der Waals surface area (Å²) < 4.78 is 25.6. The van der Waals surface area contributed by atoms with Crippen LogP contribution in [0.1, 0.15) is 106 Å². The first kappa shape index (κ1) is 37.1. The molecule has 1 N–H and O–H groups in total. The Kier molecular flexibility index (Phi) is 10.4. The normalized spacial score (nSPS) is 33.3. The van der Waals surface area contributed by atoms with Gasteiger partial charge in [0.2, 0.25) is 6.79 Å². The van der Waals surface area contributed by atoms with Gasteiger partial charge >= 0.3 is 0 Å². The SMILES string of the molecule is C=C1CC[C@H]2[C@H](CNCc3ccc4c(c3)OCO4)[C@@H]([C@@]3(C)CCC(O[Si](C)(C)C(C)(C)C)C[C@@H]3CO[Si](C)(C)C(C)(C)C)CC[C@]12C. The Bertz CT molecular complexity index is 1280. The molecule has 0 spiro atoms. The van der Waals surface area contributed by atoms with Crippen molar-refractivity contribution in [2.45, 2.75) is 149 Å². The number of nitrogens with one attached hydrogen (secondary N) is 1. The van der Waals surface area contributed by atoms with Crippen molar-refractivity contribution in [2.75, 3.05) is 19.9 Å². The molecule has 0 aromatic heterocycles. The first-order valence-electron chi connectivity index (χ1n) is 18.8. The second-order valence-electron chi connectivity index (χ2n) is 19.3. The average molecular weight is 684 g/mol. The van der Waals surface area contributed by atoms with E-state index in [2.05, 4.69) is 112 Å². The van der Waals surface area contributed by atoms with Crippen LogP contribution in [0.25, 0.3) is 0 Å². The highest BCUT2D eigenvalue weighted by atomic mass is 28.4. The Hall–Kier alpha value is -1.13. The Morgan fingerprint density at radius 2 is 1.57 bits per heavy atom. The van der Waals surface area contributed by atoms with Gasteiger partial charge in [0.05, 0.1) is 0 Å². The van der Waals surface area contributed by atoms with Crippen molar-refractivity contribution in [3.05, 3.63) is 35.9 Å². The maximum atomic E-state index is 7.18. The Morgan fingerprint density at radius 3 is 2.26 bits per heavy atom. The molecular weight excluding hydrogens is 615 g/mol. The van der Waals surface area contributed by atoms with Gasteiger partial charge in [-0.1, -0.05) is 73.6 Å². The van der Waals surface area contributed by atoms with Gasteiger partial charge < -0.3 is 23.6 Å². The molecule has 3 aliphatic carbocycles. The van der Waals surface area contributed by atoms with Crippen LogP contribution in [0.5, 0.6) is 11.5 Å². The van der Waals surface area contributed by atoms with Crippen molar-refractivity contribution in [1.29, 1.82) is 0 Å². The van der Waals surface area contributed by atoms with Gasteiger partial charge in [-0.25, -0.2) is 0 Å². The van der Waals surface area contributed by atoms with Crippen molar-refractivity contribution in [2.24, 2.45) is 34.5 Å². The summed E-state index contributed by atoms with van der Waals surface area (Å²) in [6.07, 6.45) is 8.87. The summed E-state index contributed by atoms with van der Waals surface area (Å²) >= 11 is 0. The number of hydrogen-bond acceptors (Lipinski definition) is 5. The molecule has 1 aromatic rings. The lowest BCUT2D eigenvalue weighted by Gasteiger charge is -2.58. The molecule has 3 saturated carbocycles. The highest BCUT2D eigenvalue weighted by Crippen LogP contribution is 2.64. The van der Waals surface area contributed by atoms with E-state index >= 15 is 0 Å². The van der Waals surface area contributed by atoms with Crippen LogP contribution >= 0.6 is 0 Å². The van der Waals surface area contributed by atoms with E-state index < -0.39 is 16.6 Å². The van der Waals surface area contributed by atoms with Crippen LogP contribution in [0.4, 0.5) is 0 Å². The smallest absolute Gasteiger partial charge is 0.231 e. The number of fused-ring (bicyclic) bond motifs is 2. The summed E-state index contributed by atoms with van der Waals surface area (Å²) in [5, 5.41) is 4.39. The summed E-state index contributed by atoms with van der Waals surface area (Å²) in [6, 6.07) is 6.38. The molecule has 5 nitrogen and oxygen atoms in total. The van der Waals surface area contributed by atoms with Gasteiger partial charge in [-0.05, 0) is 140 Å². The summed E-state index contributed by atoms with van der Waals surface area (Å²) in [7, 11) is -3.77. The third-order valence-electron chi connectivity index (χ3n) is 14.6. The number of ether oxygens (including phenoxy) is 2. The van der Waals surface area contributed by atoms with Crippen LogP contribution < -0.4 is 14.8 Å². The summed E-state index contributed by atoms with van der Waals surface area (Å²) in [5.74, 6) is 4.16. The summed E-state index contributed by atoms with van der Waals surface area (Å²) in [5.41, 5.74) is 3.23. The summed E-state index contributed by atoms with van der Waals surface area (Å²) in [6.45, 7) is 36.9. The van der Waals surface area contributed by atoms with Crippen LogP contribution in [0.15, 0.2) is 30.4 Å². The van der Waals surface area contributed by atoms with Gasteiger partial charge in [0.25, 0.3) is 0 Å². The van der Waals surface area contributed by atoms with Crippen molar-refractivity contribution < 1.29 is 18.3 Å². The molecule has 3 fully saturated rings. The van der Waals surface area contributed by atoms with Crippen LogP contribution in [0.3, 0.4) is 0 Å². The zero-order chi connectivity index (χ0) is 34.6. The maximum Gasteiger partial charge on any atom is 0.231 e. The van der Waals surface area contributed by atoms with E-state index in [4.69, 9.17) is 18.3 Å². The largest absolute Gasteiger partial charge is 0.454 e. The Balaban J connectivity index is 1.41. The van der Waals surface area contributed by atoms with E-state index in [1.807, 2.05) is 0 Å². The fourth-order valence-electron chi connectivity index (χ4n) is 9.09. The van der Waals surface area contributed by atoms with Crippen LogP contribution in [-0.4, -0.2) is 42.7 Å². The van der Waals surface area contributed by atoms with Crippen molar-refractivity contribution in [3.63, 3.8) is 0 Å². The highest BCUT2D eigenvalue weighted by molar-refractivity contribution is 6.74. The van der Waals surface area contributed by atoms with E-state index in [0.717, 1.165) is 37.6 Å². The average Bonchev–Trinajstić information content (AvgIpc) is 3.55. The summed E-state index contributed by atoms with van der Waals surface area (Å²) in [4.78, 5) is 0. The van der Waals surface area contributed by atoms with E-state index in [1.54, 1.807) is 0 Å². The monoisotopic (exact) mass is 683 g/mol. The fourth-order valence-corrected chi connectivity index (χ4v) is 11.5. The number of rotatable bonds is 10. The molecule has 5 rings (SSSR count). The maximum absolute atomic E-state index is 7.18. The molecular formula is C40H69NO4Si2. The van der Waals surface area contributed by atoms with E-state index in [-0.39, 0.29) is 20.9 Å². The lowest BCUT2D eigenvalue weighted by atomic mass is 9.49. The third kappa shape index (κ3) is 7.36. The van der Waals surface area contributed by atoms with Crippen molar-refractivity contribution in [1.82, 2.24) is 5.32 Å². The van der Waals surface area contributed by atoms with E-state index in [9.17, 15) is 0 Å². The molecule has 1 aliphatic heterocycles. The van der Waals surface area contributed by atoms with Gasteiger partial charge in [-0.3, -0.25) is 0 Å². The Morgan fingerprint density at radius 1 is 0.894 bits per heavy atom. The van der Waals surface area contributed by atoms with Gasteiger partial charge in [-0.2, -0.15) is 0 Å². The first-order chi connectivity index (χ1) is 21.7. The number of benzene rings is 1. The van der Waals surface area contributed by atoms with Crippen LogP contribution in [-0.2, 0) is 15.4 Å². The first-order valence-corrected chi connectivity index (χ1v) is 24.6. The Labute approximate surface area is 290 Å². The molecule has 0 bridgehead atoms. The highest BCUT2D eigenvalue weighted by Gasteiger charge is 2.57. The van der Waals surface area contributed by atoms with Crippen LogP contribution in [0.2, 0.25) is 36.3 Å².